The number of nitrogens with zero attached hydrogens (tertiary/aromatic N) is 1. The Morgan fingerprint density at radius 3 is 3.11 bits per heavy atom. The minimum Gasteiger partial charge on any atom is -0.312 e. The fourth-order valence-corrected chi connectivity index (χ4v) is 4.26. The first-order chi connectivity index (χ1) is 8.90. The summed E-state index contributed by atoms with van der Waals surface area (Å²) in [6.07, 6.45) is 6.52. The molecule has 2 aromatic rings. The van der Waals surface area contributed by atoms with E-state index in [4.69, 9.17) is 0 Å². The highest BCUT2D eigenvalue weighted by atomic mass is 32.2. The second-order valence-electron chi connectivity index (χ2n) is 4.76. The molecule has 0 bridgehead atoms. The third-order valence-electron chi connectivity index (χ3n) is 3.70. The lowest BCUT2D eigenvalue weighted by Crippen LogP contribution is -2.25. The molecule has 94 valence electrons. The summed E-state index contributed by atoms with van der Waals surface area (Å²) in [6.45, 7) is 0. The smallest absolute Gasteiger partial charge is 0.0444 e. The van der Waals surface area contributed by atoms with Crippen molar-refractivity contribution in [2.45, 2.75) is 24.1 Å². The maximum Gasteiger partial charge on any atom is 0.0444 e. The SMILES string of the molecule is CNC(c1cccc2ccncc12)C1CCCS1. The van der Waals surface area contributed by atoms with E-state index in [9.17, 15) is 0 Å². The summed E-state index contributed by atoms with van der Waals surface area (Å²) in [7, 11) is 2.07. The molecule has 1 fully saturated rings. The number of benzene rings is 1. The summed E-state index contributed by atoms with van der Waals surface area (Å²) in [5, 5.41) is 6.77. The third-order valence-corrected chi connectivity index (χ3v) is 5.16. The van der Waals surface area contributed by atoms with Crippen LogP contribution < -0.4 is 5.32 Å². The van der Waals surface area contributed by atoms with Crippen LogP contribution in [0.5, 0.6) is 0 Å². The average molecular weight is 258 g/mol. The molecule has 2 atom stereocenters. The predicted molar refractivity (Wildman–Crippen MR) is 79.0 cm³/mol. The molecule has 0 spiro atoms. The Bertz CT molecular complexity index is 530. The summed E-state index contributed by atoms with van der Waals surface area (Å²) in [6, 6.07) is 9.08. The van der Waals surface area contributed by atoms with Crippen LogP contribution in [0.1, 0.15) is 24.4 Å². The third kappa shape index (κ3) is 2.13. The molecule has 1 N–H and O–H groups in total. The summed E-state index contributed by atoms with van der Waals surface area (Å²) < 4.78 is 0. The second-order valence-corrected chi connectivity index (χ2v) is 6.11. The van der Waals surface area contributed by atoms with Gasteiger partial charge in [0.2, 0.25) is 0 Å². The molecule has 0 saturated carbocycles. The lowest BCUT2D eigenvalue weighted by molar-refractivity contribution is 0.555. The largest absolute Gasteiger partial charge is 0.312 e. The zero-order valence-electron chi connectivity index (χ0n) is 10.6. The van der Waals surface area contributed by atoms with Crippen molar-refractivity contribution in [3.05, 3.63) is 42.2 Å². The first-order valence-electron chi connectivity index (χ1n) is 6.51. The number of hydrogen-bond acceptors (Lipinski definition) is 3. The molecular weight excluding hydrogens is 240 g/mol. The lowest BCUT2D eigenvalue weighted by Gasteiger charge is -2.24. The number of hydrogen-bond donors (Lipinski definition) is 1. The van der Waals surface area contributed by atoms with Crippen molar-refractivity contribution in [1.29, 1.82) is 0 Å². The maximum absolute atomic E-state index is 4.28. The van der Waals surface area contributed by atoms with Gasteiger partial charge in [-0.3, -0.25) is 4.98 Å². The van der Waals surface area contributed by atoms with Gasteiger partial charge in [0.25, 0.3) is 0 Å². The van der Waals surface area contributed by atoms with Crippen LogP contribution in [0.25, 0.3) is 10.8 Å². The van der Waals surface area contributed by atoms with E-state index in [2.05, 4.69) is 53.4 Å². The number of rotatable bonds is 3. The quantitative estimate of drug-likeness (QED) is 0.913. The standard InChI is InChI=1S/C15H18N2S/c1-16-15(14-6-3-9-18-14)12-5-2-4-11-7-8-17-10-13(11)12/h2,4-5,7-8,10,14-16H,3,6,9H2,1H3. The predicted octanol–water partition coefficient (Wildman–Crippen LogP) is 3.39. The molecule has 18 heavy (non-hydrogen) atoms. The van der Waals surface area contributed by atoms with E-state index in [1.807, 2.05) is 12.4 Å². The summed E-state index contributed by atoms with van der Waals surface area (Å²) in [4.78, 5) is 4.28. The second kappa shape index (κ2) is 5.29. The van der Waals surface area contributed by atoms with Gasteiger partial charge in [-0.2, -0.15) is 11.8 Å². The van der Waals surface area contributed by atoms with Crippen LogP contribution in [-0.4, -0.2) is 23.0 Å². The Hall–Kier alpha value is -1.06. The topological polar surface area (TPSA) is 24.9 Å². The molecule has 0 amide bonds. The first kappa shape index (κ1) is 12.0. The van der Waals surface area contributed by atoms with Gasteiger partial charge in [0, 0.05) is 29.1 Å². The van der Waals surface area contributed by atoms with Crippen LogP contribution in [0.4, 0.5) is 0 Å². The number of nitrogens with one attached hydrogen (secondary N) is 1. The fraction of sp³-hybridized carbons (Fsp3) is 0.400. The van der Waals surface area contributed by atoms with Crippen LogP contribution in [0.3, 0.4) is 0 Å². The zero-order valence-corrected chi connectivity index (χ0v) is 11.4. The Labute approximate surface area is 112 Å². The summed E-state index contributed by atoms with van der Waals surface area (Å²) in [5.41, 5.74) is 1.39. The van der Waals surface area contributed by atoms with Gasteiger partial charge in [-0.25, -0.2) is 0 Å². The van der Waals surface area contributed by atoms with Crippen molar-refractivity contribution < 1.29 is 0 Å². The van der Waals surface area contributed by atoms with E-state index in [0.717, 1.165) is 0 Å². The first-order valence-corrected chi connectivity index (χ1v) is 7.56. The van der Waals surface area contributed by atoms with Crippen molar-refractivity contribution >= 4 is 22.5 Å². The van der Waals surface area contributed by atoms with E-state index in [0.29, 0.717) is 11.3 Å². The molecule has 2 nitrogen and oxygen atoms in total. The number of aromatic nitrogens is 1. The zero-order chi connectivity index (χ0) is 12.4. The molecular formula is C15H18N2S. The molecule has 1 aliphatic rings. The Balaban J connectivity index is 2.06. The van der Waals surface area contributed by atoms with Gasteiger partial charge in [-0.15, -0.1) is 0 Å². The van der Waals surface area contributed by atoms with E-state index < -0.39 is 0 Å². The number of thioether (sulfide) groups is 1. The van der Waals surface area contributed by atoms with Crippen LogP contribution in [-0.2, 0) is 0 Å². The molecule has 2 heterocycles. The molecule has 1 aromatic carbocycles. The van der Waals surface area contributed by atoms with Gasteiger partial charge < -0.3 is 5.32 Å². The molecule has 0 radical (unpaired) electrons. The van der Waals surface area contributed by atoms with Gasteiger partial charge in [-0.05, 0) is 42.7 Å². The number of fused-ring (bicyclic) bond motifs is 1. The van der Waals surface area contributed by atoms with Crippen molar-refractivity contribution in [2.24, 2.45) is 0 Å². The van der Waals surface area contributed by atoms with Crippen LogP contribution in [0, 0.1) is 0 Å². The summed E-state index contributed by atoms with van der Waals surface area (Å²) >= 11 is 2.10. The lowest BCUT2D eigenvalue weighted by atomic mass is 9.96. The molecule has 1 aromatic heterocycles. The van der Waals surface area contributed by atoms with Crippen molar-refractivity contribution in [3.63, 3.8) is 0 Å². The number of pyridine rings is 1. The molecule has 3 rings (SSSR count). The molecule has 0 aliphatic carbocycles. The van der Waals surface area contributed by atoms with Crippen LogP contribution in [0.2, 0.25) is 0 Å². The summed E-state index contributed by atoms with van der Waals surface area (Å²) in [5.74, 6) is 1.30. The van der Waals surface area contributed by atoms with Gasteiger partial charge in [0.15, 0.2) is 0 Å². The van der Waals surface area contributed by atoms with E-state index in [1.54, 1.807) is 0 Å². The Morgan fingerprint density at radius 1 is 1.39 bits per heavy atom. The van der Waals surface area contributed by atoms with Gasteiger partial charge in [0.05, 0.1) is 0 Å². The molecule has 1 aliphatic heterocycles. The molecule has 2 unspecified atom stereocenters. The molecule has 1 saturated heterocycles. The fourth-order valence-electron chi connectivity index (χ4n) is 2.82. The monoisotopic (exact) mass is 258 g/mol. The van der Waals surface area contributed by atoms with E-state index in [1.165, 1.54) is 34.9 Å². The maximum atomic E-state index is 4.28. The van der Waals surface area contributed by atoms with Gasteiger partial charge in [-0.1, -0.05) is 18.2 Å². The van der Waals surface area contributed by atoms with Crippen LogP contribution in [0.15, 0.2) is 36.7 Å². The Kier molecular flexibility index (Phi) is 3.52. The van der Waals surface area contributed by atoms with E-state index >= 15 is 0 Å². The highest BCUT2D eigenvalue weighted by Gasteiger charge is 2.26. The van der Waals surface area contributed by atoms with Gasteiger partial charge >= 0.3 is 0 Å². The van der Waals surface area contributed by atoms with E-state index in [-0.39, 0.29) is 0 Å². The minimum absolute atomic E-state index is 0.436. The minimum atomic E-state index is 0.436. The van der Waals surface area contributed by atoms with Gasteiger partial charge in [0.1, 0.15) is 0 Å². The average Bonchev–Trinajstić information content (AvgIpc) is 2.94. The van der Waals surface area contributed by atoms with Crippen LogP contribution >= 0.6 is 11.8 Å². The van der Waals surface area contributed by atoms with Crippen molar-refractivity contribution in [1.82, 2.24) is 10.3 Å². The Morgan fingerprint density at radius 2 is 2.33 bits per heavy atom. The van der Waals surface area contributed by atoms with Crippen molar-refractivity contribution in [2.75, 3.05) is 12.8 Å². The van der Waals surface area contributed by atoms with Crippen molar-refractivity contribution in [3.8, 4) is 0 Å². The molecule has 3 heteroatoms. The highest BCUT2D eigenvalue weighted by Crippen LogP contribution is 2.37. The normalized spacial score (nSPS) is 21.3. The highest BCUT2D eigenvalue weighted by molar-refractivity contribution is 8.00.